The molecule has 0 spiro atoms. The van der Waals surface area contributed by atoms with Gasteiger partial charge in [0.1, 0.15) is 16.6 Å². The summed E-state index contributed by atoms with van der Waals surface area (Å²) in [6.07, 6.45) is 1.70. The van der Waals surface area contributed by atoms with Crippen LogP contribution >= 0.6 is 22.9 Å². The van der Waals surface area contributed by atoms with Crippen molar-refractivity contribution in [2.45, 2.75) is 19.8 Å². The van der Waals surface area contributed by atoms with Crippen LogP contribution in [-0.4, -0.2) is 23.3 Å². The predicted molar refractivity (Wildman–Crippen MR) is 77.1 cm³/mol. The van der Waals surface area contributed by atoms with Crippen LogP contribution in [0, 0.1) is 11.6 Å². The number of aryl methyl sites for hydroxylation is 1. The Kier molecular flexibility index (Phi) is 5.39. The topological polar surface area (TPSA) is 37.8 Å². The first-order valence-corrected chi connectivity index (χ1v) is 7.49. The monoisotopic (exact) mass is 317 g/mol. The summed E-state index contributed by atoms with van der Waals surface area (Å²) in [6.45, 7) is 3.87. The number of benzene rings is 1. The van der Waals surface area contributed by atoms with Crippen LogP contribution < -0.4 is 5.32 Å². The molecule has 3 nitrogen and oxygen atoms in total. The van der Waals surface area contributed by atoms with E-state index >= 15 is 0 Å². The molecular formula is C13H14ClF2N3S. The van der Waals surface area contributed by atoms with E-state index in [-0.39, 0.29) is 10.6 Å². The van der Waals surface area contributed by atoms with E-state index in [1.807, 2.05) is 6.92 Å². The Balaban J connectivity index is 2.10. The molecule has 1 heterocycles. The largest absolute Gasteiger partial charge is 0.317 e. The second kappa shape index (κ2) is 7.06. The van der Waals surface area contributed by atoms with Crippen LogP contribution in [0.25, 0.3) is 10.6 Å². The van der Waals surface area contributed by atoms with Crippen LogP contribution in [0.5, 0.6) is 0 Å². The Morgan fingerprint density at radius 2 is 2.05 bits per heavy atom. The van der Waals surface area contributed by atoms with Gasteiger partial charge in [0.15, 0.2) is 5.01 Å². The molecule has 0 fully saturated rings. The minimum absolute atomic E-state index is 0.0994. The number of halogens is 3. The highest BCUT2D eigenvalue weighted by Crippen LogP contribution is 2.30. The summed E-state index contributed by atoms with van der Waals surface area (Å²) in [5.74, 6) is -1.25. The van der Waals surface area contributed by atoms with Crippen LogP contribution in [0.4, 0.5) is 8.78 Å². The Morgan fingerprint density at radius 3 is 2.80 bits per heavy atom. The summed E-state index contributed by atoms with van der Waals surface area (Å²) in [4.78, 5) is 0. The molecule has 0 aliphatic heterocycles. The van der Waals surface area contributed by atoms with E-state index in [9.17, 15) is 8.78 Å². The summed E-state index contributed by atoms with van der Waals surface area (Å²) in [5, 5.41) is 12.1. The molecule has 0 radical (unpaired) electrons. The van der Waals surface area contributed by atoms with Gasteiger partial charge < -0.3 is 5.32 Å². The van der Waals surface area contributed by atoms with Crippen LogP contribution in [0.1, 0.15) is 18.4 Å². The number of hydrogen-bond acceptors (Lipinski definition) is 4. The van der Waals surface area contributed by atoms with Crippen molar-refractivity contribution in [1.82, 2.24) is 15.5 Å². The Hall–Kier alpha value is -1.11. The zero-order valence-corrected chi connectivity index (χ0v) is 12.5. The van der Waals surface area contributed by atoms with Gasteiger partial charge in [-0.05, 0) is 31.6 Å². The van der Waals surface area contributed by atoms with E-state index in [4.69, 9.17) is 11.6 Å². The fourth-order valence-electron chi connectivity index (χ4n) is 1.69. The van der Waals surface area contributed by atoms with Gasteiger partial charge in [0.2, 0.25) is 0 Å². The molecule has 0 saturated heterocycles. The molecule has 0 aliphatic carbocycles. The van der Waals surface area contributed by atoms with Crippen molar-refractivity contribution in [3.05, 3.63) is 33.8 Å². The van der Waals surface area contributed by atoms with Gasteiger partial charge in [-0.25, -0.2) is 8.78 Å². The van der Waals surface area contributed by atoms with E-state index in [1.54, 1.807) is 0 Å². The quantitative estimate of drug-likeness (QED) is 0.652. The number of aromatic nitrogens is 2. The Labute approximate surface area is 125 Å². The van der Waals surface area contributed by atoms with Gasteiger partial charge in [-0.15, -0.1) is 10.2 Å². The van der Waals surface area contributed by atoms with Crippen molar-refractivity contribution in [1.29, 1.82) is 0 Å². The first kappa shape index (κ1) is 15.3. The summed E-state index contributed by atoms with van der Waals surface area (Å²) >= 11 is 6.80. The molecule has 0 atom stereocenters. The molecule has 2 rings (SSSR count). The molecule has 1 aromatic heterocycles. The van der Waals surface area contributed by atoms with Gasteiger partial charge in [-0.3, -0.25) is 0 Å². The van der Waals surface area contributed by atoms with Gasteiger partial charge in [-0.2, -0.15) is 0 Å². The summed E-state index contributed by atoms with van der Waals surface area (Å²) in [7, 11) is 0. The maximum Gasteiger partial charge on any atom is 0.150 e. The lowest BCUT2D eigenvalue weighted by molar-refractivity contribution is 0.603. The van der Waals surface area contributed by atoms with E-state index in [1.165, 1.54) is 11.3 Å². The fraction of sp³-hybridized carbons (Fsp3) is 0.385. The Bertz CT molecular complexity index is 589. The SMILES string of the molecule is CCNCCCc1nnc(-c2cc(F)c(Cl)cc2F)s1. The first-order valence-electron chi connectivity index (χ1n) is 6.29. The fourth-order valence-corrected chi connectivity index (χ4v) is 2.74. The van der Waals surface area contributed by atoms with E-state index in [0.717, 1.165) is 43.1 Å². The summed E-state index contributed by atoms with van der Waals surface area (Å²) in [6, 6.07) is 2.01. The van der Waals surface area contributed by atoms with Crippen LogP contribution in [0.15, 0.2) is 12.1 Å². The average Bonchev–Trinajstić information content (AvgIpc) is 2.87. The van der Waals surface area contributed by atoms with E-state index in [2.05, 4.69) is 15.5 Å². The van der Waals surface area contributed by atoms with Gasteiger partial charge in [0.25, 0.3) is 0 Å². The molecule has 1 aromatic carbocycles. The molecule has 1 N–H and O–H groups in total. The van der Waals surface area contributed by atoms with E-state index < -0.39 is 11.6 Å². The first-order chi connectivity index (χ1) is 9.61. The lowest BCUT2D eigenvalue weighted by atomic mass is 10.2. The third-order valence-electron chi connectivity index (χ3n) is 2.70. The molecule has 2 aromatic rings. The highest BCUT2D eigenvalue weighted by Gasteiger charge is 2.14. The smallest absolute Gasteiger partial charge is 0.150 e. The van der Waals surface area contributed by atoms with Crippen LogP contribution in [0.2, 0.25) is 5.02 Å². The molecule has 7 heteroatoms. The summed E-state index contributed by atoms with van der Waals surface area (Å²) in [5.41, 5.74) is 0.0994. The number of rotatable bonds is 6. The average molecular weight is 318 g/mol. The summed E-state index contributed by atoms with van der Waals surface area (Å²) < 4.78 is 27.1. The van der Waals surface area contributed by atoms with E-state index in [0.29, 0.717) is 5.01 Å². The Morgan fingerprint density at radius 1 is 1.25 bits per heavy atom. The van der Waals surface area contributed by atoms with Crippen LogP contribution in [-0.2, 0) is 6.42 Å². The van der Waals surface area contributed by atoms with Gasteiger partial charge in [0.05, 0.1) is 10.6 Å². The molecule has 0 saturated carbocycles. The highest BCUT2D eigenvalue weighted by atomic mass is 35.5. The minimum Gasteiger partial charge on any atom is -0.317 e. The number of hydrogen-bond donors (Lipinski definition) is 1. The minimum atomic E-state index is -0.660. The van der Waals surface area contributed by atoms with Gasteiger partial charge in [-0.1, -0.05) is 29.9 Å². The molecule has 0 unspecified atom stereocenters. The third-order valence-corrected chi connectivity index (χ3v) is 4.01. The van der Waals surface area contributed by atoms with Gasteiger partial charge >= 0.3 is 0 Å². The molecule has 0 bridgehead atoms. The molecule has 20 heavy (non-hydrogen) atoms. The van der Waals surface area contributed by atoms with Crippen molar-refractivity contribution in [3.8, 4) is 10.6 Å². The lowest BCUT2D eigenvalue weighted by Gasteiger charge is -2.00. The lowest BCUT2D eigenvalue weighted by Crippen LogP contribution is -2.14. The van der Waals surface area contributed by atoms with Gasteiger partial charge in [0, 0.05) is 6.42 Å². The van der Waals surface area contributed by atoms with Crippen molar-refractivity contribution < 1.29 is 8.78 Å². The molecule has 0 aliphatic rings. The second-order valence-corrected chi connectivity index (χ2v) is 5.67. The zero-order chi connectivity index (χ0) is 14.5. The maximum atomic E-state index is 13.8. The highest BCUT2D eigenvalue weighted by molar-refractivity contribution is 7.14. The normalized spacial score (nSPS) is 11.0. The van der Waals surface area contributed by atoms with Crippen LogP contribution in [0.3, 0.4) is 0 Å². The number of nitrogens with one attached hydrogen (secondary N) is 1. The van der Waals surface area contributed by atoms with Crippen molar-refractivity contribution >= 4 is 22.9 Å². The zero-order valence-electron chi connectivity index (χ0n) is 10.9. The molecule has 108 valence electrons. The second-order valence-electron chi connectivity index (χ2n) is 4.20. The molecule has 0 amide bonds. The van der Waals surface area contributed by atoms with Crippen molar-refractivity contribution in [2.24, 2.45) is 0 Å². The standard InChI is InChI=1S/C13H14ClF2N3S/c1-2-17-5-3-4-12-18-19-13(20-12)8-6-11(16)9(14)7-10(8)15/h6-7,17H,2-5H2,1H3. The van der Waals surface area contributed by atoms with Crippen molar-refractivity contribution in [2.75, 3.05) is 13.1 Å². The molecular weight excluding hydrogens is 304 g/mol. The number of nitrogens with zero attached hydrogens (tertiary/aromatic N) is 2. The predicted octanol–water partition coefficient (Wildman–Crippen LogP) is 3.68. The maximum absolute atomic E-state index is 13.8. The third kappa shape index (κ3) is 3.71. The van der Waals surface area contributed by atoms with Crippen molar-refractivity contribution in [3.63, 3.8) is 0 Å².